The predicted octanol–water partition coefficient (Wildman–Crippen LogP) is 1.66. The van der Waals surface area contributed by atoms with Crippen LogP contribution < -0.4 is 5.32 Å². The van der Waals surface area contributed by atoms with E-state index >= 15 is 0 Å². The number of nitrogens with zero attached hydrogens (tertiary/aromatic N) is 2. The minimum atomic E-state index is 0.633. The zero-order valence-electron chi connectivity index (χ0n) is 10.4. The van der Waals surface area contributed by atoms with E-state index in [1.54, 1.807) is 0 Å². The highest BCUT2D eigenvalue weighted by Gasteiger charge is 2.17. The van der Waals surface area contributed by atoms with Gasteiger partial charge >= 0.3 is 0 Å². The molecule has 0 amide bonds. The Morgan fingerprint density at radius 1 is 1.47 bits per heavy atom. The molecule has 86 valence electrons. The second kappa shape index (κ2) is 6.03. The number of rotatable bonds is 3. The third-order valence-corrected chi connectivity index (χ3v) is 2.63. The van der Waals surface area contributed by atoms with Gasteiger partial charge in [-0.15, -0.1) is 0 Å². The maximum absolute atomic E-state index is 4.33. The van der Waals surface area contributed by atoms with Crippen molar-refractivity contribution in [2.45, 2.75) is 33.7 Å². The molecule has 0 aliphatic carbocycles. The third-order valence-electron chi connectivity index (χ3n) is 2.63. The zero-order valence-corrected chi connectivity index (χ0v) is 10.4. The summed E-state index contributed by atoms with van der Waals surface area (Å²) >= 11 is 0. The molecular formula is C12H23N3. The topological polar surface area (TPSA) is 27.6 Å². The van der Waals surface area contributed by atoms with Gasteiger partial charge in [0.05, 0.1) is 0 Å². The molecule has 3 nitrogen and oxygen atoms in total. The van der Waals surface area contributed by atoms with Crippen LogP contribution in [0.25, 0.3) is 0 Å². The third kappa shape index (κ3) is 4.58. The molecule has 15 heavy (non-hydrogen) atoms. The first-order valence-corrected chi connectivity index (χ1v) is 5.71. The molecule has 1 aliphatic rings. The molecule has 0 bridgehead atoms. The van der Waals surface area contributed by atoms with Gasteiger partial charge in [0.15, 0.2) is 0 Å². The highest BCUT2D eigenvalue weighted by Crippen LogP contribution is 2.06. The molecule has 1 heterocycles. The van der Waals surface area contributed by atoms with Crippen LogP contribution >= 0.6 is 0 Å². The van der Waals surface area contributed by atoms with E-state index in [1.807, 2.05) is 20.0 Å². The molecule has 1 unspecified atom stereocenters. The maximum atomic E-state index is 4.33. The molecule has 0 saturated carbocycles. The number of aliphatic imine (C=N–C) groups is 1. The Hall–Kier alpha value is -0.670. The van der Waals surface area contributed by atoms with Crippen molar-refractivity contribution >= 4 is 5.71 Å². The molecule has 1 saturated heterocycles. The summed E-state index contributed by atoms with van der Waals surface area (Å²) in [6.07, 6.45) is 1.99. The zero-order chi connectivity index (χ0) is 11.3. The first kappa shape index (κ1) is 12.4. The quantitative estimate of drug-likeness (QED) is 0.716. The van der Waals surface area contributed by atoms with E-state index in [-0.39, 0.29) is 0 Å². The molecule has 0 aromatic carbocycles. The van der Waals surface area contributed by atoms with Crippen molar-refractivity contribution in [2.75, 3.05) is 26.2 Å². The molecule has 1 aliphatic heterocycles. The van der Waals surface area contributed by atoms with E-state index in [4.69, 9.17) is 0 Å². The summed E-state index contributed by atoms with van der Waals surface area (Å²) in [5.74, 6) is 0. The van der Waals surface area contributed by atoms with E-state index in [0.717, 1.165) is 31.9 Å². The Kier molecular flexibility index (Phi) is 4.99. The van der Waals surface area contributed by atoms with E-state index < -0.39 is 0 Å². The van der Waals surface area contributed by atoms with Crippen LogP contribution in [0.1, 0.15) is 27.7 Å². The van der Waals surface area contributed by atoms with Gasteiger partial charge in [-0.25, -0.2) is 0 Å². The fourth-order valence-corrected chi connectivity index (χ4v) is 1.72. The fourth-order valence-electron chi connectivity index (χ4n) is 1.72. The molecule has 0 radical (unpaired) electrons. The Labute approximate surface area is 93.3 Å². The molecule has 1 atom stereocenters. The monoisotopic (exact) mass is 209 g/mol. The lowest BCUT2D eigenvalue weighted by molar-refractivity contribution is 0.188. The lowest BCUT2D eigenvalue weighted by atomic mass is 10.2. The van der Waals surface area contributed by atoms with Gasteiger partial charge in [-0.3, -0.25) is 9.89 Å². The molecule has 1 N–H and O–H groups in total. The molecule has 3 heteroatoms. The number of piperazine rings is 1. The normalized spacial score (nSPS) is 24.0. The average molecular weight is 209 g/mol. The second-order valence-corrected chi connectivity index (χ2v) is 4.58. The van der Waals surface area contributed by atoms with E-state index in [0.29, 0.717) is 6.04 Å². The maximum Gasteiger partial charge on any atom is 0.0269 e. The summed E-state index contributed by atoms with van der Waals surface area (Å²) in [6.45, 7) is 12.9. The van der Waals surface area contributed by atoms with Gasteiger partial charge in [-0.2, -0.15) is 0 Å². The molecular weight excluding hydrogens is 186 g/mol. The SMILES string of the molecule is CC(C)=N/C=C(\C)CN1CCNCC1C. The van der Waals surface area contributed by atoms with Gasteiger partial charge in [0.2, 0.25) is 0 Å². The van der Waals surface area contributed by atoms with Gasteiger partial charge in [0.1, 0.15) is 0 Å². The van der Waals surface area contributed by atoms with Crippen LogP contribution in [0.3, 0.4) is 0 Å². The summed E-state index contributed by atoms with van der Waals surface area (Å²) < 4.78 is 0. The summed E-state index contributed by atoms with van der Waals surface area (Å²) in [6, 6.07) is 0.633. The van der Waals surface area contributed by atoms with E-state index in [9.17, 15) is 0 Å². The number of hydrogen-bond donors (Lipinski definition) is 1. The van der Waals surface area contributed by atoms with Crippen LogP contribution in [-0.4, -0.2) is 42.8 Å². The first-order valence-electron chi connectivity index (χ1n) is 5.71. The van der Waals surface area contributed by atoms with Crippen LogP contribution in [0.4, 0.5) is 0 Å². The Morgan fingerprint density at radius 2 is 2.20 bits per heavy atom. The standard InChI is InChI=1S/C12H23N3/c1-10(2)14-7-11(3)9-15-6-5-13-8-12(15)4/h7,12-13H,5-6,8-9H2,1-4H3/b11-7+. The molecule has 0 spiro atoms. The van der Waals surface area contributed by atoms with Crippen molar-refractivity contribution < 1.29 is 0 Å². The minimum Gasteiger partial charge on any atom is -0.314 e. The summed E-state index contributed by atoms with van der Waals surface area (Å²) in [5.41, 5.74) is 2.45. The van der Waals surface area contributed by atoms with Gasteiger partial charge in [-0.1, -0.05) is 0 Å². The second-order valence-electron chi connectivity index (χ2n) is 4.58. The summed E-state index contributed by atoms with van der Waals surface area (Å²) in [5, 5.41) is 3.40. The van der Waals surface area contributed by atoms with Crippen molar-refractivity contribution in [3.63, 3.8) is 0 Å². The lowest BCUT2D eigenvalue weighted by Crippen LogP contribution is -2.50. The van der Waals surface area contributed by atoms with Crippen LogP contribution in [0.5, 0.6) is 0 Å². The number of hydrogen-bond acceptors (Lipinski definition) is 3. The highest BCUT2D eigenvalue weighted by molar-refractivity contribution is 5.79. The Bertz CT molecular complexity index is 252. The van der Waals surface area contributed by atoms with Crippen LogP contribution in [0.15, 0.2) is 16.8 Å². The van der Waals surface area contributed by atoms with Crippen molar-refractivity contribution in [3.8, 4) is 0 Å². The summed E-state index contributed by atoms with van der Waals surface area (Å²) in [7, 11) is 0. The van der Waals surface area contributed by atoms with Gasteiger partial charge in [0, 0.05) is 44.1 Å². The molecule has 1 rings (SSSR count). The largest absolute Gasteiger partial charge is 0.314 e. The lowest BCUT2D eigenvalue weighted by Gasteiger charge is -2.33. The van der Waals surface area contributed by atoms with Gasteiger partial charge < -0.3 is 5.32 Å². The first-order chi connectivity index (χ1) is 7.09. The van der Waals surface area contributed by atoms with Crippen LogP contribution in [-0.2, 0) is 0 Å². The van der Waals surface area contributed by atoms with E-state index in [2.05, 4.69) is 29.1 Å². The predicted molar refractivity (Wildman–Crippen MR) is 66.4 cm³/mol. The van der Waals surface area contributed by atoms with Crippen molar-refractivity contribution in [3.05, 3.63) is 11.8 Å². The number of nitrogens with one attached hydrogen (secondary N) is 1. The highest BCUT2D eigenvalue weighted by atomic mass is 15.2. The van der Waals surface area contributed by atoms with Crippen molar-refractivity contribution in [2.24, 2.45) is 4.99 Å². The van der Waals surface area contributed by atoms with E-state index in [1.165, 1.54) is 5.57 Å². The van der Waals surface area contributed by atoms with Gasteiger partial charge in [0.25, 0.3) is 0 Å². The van der Waals surface area contributed by atoms with Crippen molar-refractivity contribution in [1.29, 1.82) is 0 Å². The summed E-state index contributed by atoms with van der Waals surface area (Å²) in [4.78, 5) is 6.83. The van der Waals surface area contributed by atoms with Crippen LogP contribution in [0, 0.1) is 0 Å². The molecule has 0 aromatic rings. The molecule has 0 aromatic heterocycles. The van der Waals surface area contributed by atoms with Crippen LogP contribution in [0.2, 0.25) is 0 Å². The minimum absolute atomic E-state index is 0.633. The van der Waals surface area contributed by atoms with Crippen molar-refractivity contribution in [1.82, 2.24) is 10.2 Å². The Balaban J connectivity index is 2.45. The average Bonchev–Trinajstić information content (AvgIpc) is 2.18. The molecule has 1 fully saturated rings. The fraction of sp³-hybridized carbons (Fsp3) is 0.750. The smallest absolute Gasteiger partial charge is 0.0269 e. The van der Waals surface area contributed by atoms with Gasteiger partial charge in [-0.05, 0) is 33.3 Å². The Morgan fingerprint density at radius 3 is 2.80 bits per heavy atom.